The molecule has 0 saturated carbocycles. The molecule has 100 valence electrons. The highest BCUT2D eigenvalue weighted by Gasteiger charge is 2.17. The van der Waals surface area contributed by atoms with E-state index in [1.165, 1.54) is 6.07 Å². The van der Waals surface area contributed by atoms with E-state index in [9.17, 15) is 8.78 Å². The molecule has 1 heterocycles. The molecule has 1 aromatic carbocycles. The lowest BCUT2D eigenvalue weighted by molar-refractivity contribution is 0.151. The van der Waals surface area contributed by atoms with Crippen molar-refractivity contribution in [3.63, 3.8) is 0 Å². The zero-order valence-electron chi connectivity index (χ0n) is 10.6. The van der Waals surface area contributed by atoms with Gasteiger partial charge in [0.2, 0.25) is 0 Å². The van der Waals surface area contributed by atoms with Crippen LogP contribution in [-0.2, 0) is 6.42 Å². The van der Waals surface area contributed by atoms with Gasteiger partial charge >= 0.3 is 0 Å². The van der Waals surface area contributed by atoms with Crippen LogP contribution in [0.25, 0.3) is 0 Å². The second kappa shape index (κ2) is 6.14. The fraction of sp³-hybridized carbons (Fsp3) is 0.571. The number of halogens is 2. The lowest BCUT2D eigenvalue weighted by atomic mass is 9.91. The molecule has 1 aliphatic heterocycles. The number of benzene rings is 1. The summed E-state index contributed by atoms with van der Waals surface area (Å²) in [6.07, 6.45) is 0.687. The van der Waals surface area contributed by atoms with E-state index in [1.54, 1.807) is 19.2 Å². The molecule has 18 heavy (non-hydrogen) atoms. The van der Waals surface area contributed by atoms with Crippen LogP contribution in [0.1, 0.15) is 30.4 Å². The van der Waals surface area contributed by atoms with Gasteiger partial charge in [0.15, 0.2) is 0 Å². The van der Waals surface area contributed by atoms with Crippen LogP contribution in [0.5, 0.6) is 5.75 Å². The summed E-state index contributed by atoms with van der Waals surface area (Å²) in [6.45, 7) is 2.02. The number of piperidine rings is 1. The van der Waals surface area contributed by atoms with Crippen molar-refractivity contribution in [2.45, 2.75) is 25.7 Å². The maximum Gasteiger partial charge on any atom is 0.263 e. The summed E-state index contributed by atoms with van der Waals surface area (Å²) in [5, 5.41) is 3.34. The van der Waals surface area contributed by atoms with Gasteiger partial charge in [0.05, 0.1) is 7.11 Å². The zero-order valence-corrected chi connectivity index (χ0v) is 10.6. The van der Waals surface area contributed by atoms with Gasteiger partial charge in [-0.2, -0.15) is 0 Å². The Balaban J connectivity index is 2.15. The van der Waals surface area contributed by atoms with Crippen LogP contribution >= 0.6 is 0 Å². The number of hydrogen-bond donors (Lipinski definition) is 1. The van der Waals surface area contributed by atoms with Crippen LogP contribution < -0.4 is 10.1 Å². The van der Waals surface area contributed by atoms with E-state index in [4.69, 9.17) is 4.74 Å². The predicted octanol–water partition coefficient (Wildman–Crippen LogP) is 3.17. The summed E-state index contributed by atoms with van der Waals surface area (Å²) in [5.41, 5.74) is 0.971. The highest BCUT2D eigenvalue weighted by Crippen LogP contribution is 2.29. The summed E-state index contributed by atoms with van der Waals surface area (Å²) in [6, 6.07) is 4.66. The van der Waals surface area contributed by atoms with E-state index in [1.807, 2.05) is 0 Å². The number of hydrogen-bond acceptors (Lipinski definition) is 2. The summed E-state index contributed by atoms with van der Waals surface area (Å²) in [4.78, 5) is 0. The molecule has 0 bridgehead atoms. The first-order chi connectivity index (χ1) is 8.70. The number of alkyl halides is 2. The lowest BCUT2D eigenvalue weighted by Gasteiger charge is -2.23. The molecule has 4 heteroatoms. The second-order valence-electron chi connectivity index (χ2n) is 4.79. The SMILES string of the molecule is COc1ccc(C(F)F)cc1CC1CCCNC1. The maximum absolute atomic E-state index is 12.7. The first-order valence-electron chi connectivity index (χ1n) is 6.36. The van der Waals surface area contributed by atoms with Crippen LogP contribution in [0, 0.1) is 5.92 Å². The molecule has 1 N–H and O–H groups in total. The molecular formula is C14H19F2NO. The Labute approximate surface area is 106 Å². The molecular weight excluding hydrogens is 236 g/mol. The van der Waals surface area contributed by atoms with Crippen LogP contribution in [0.15, 0.2) is 18.2 Å². The maximum atomic E-state index is 12.7. The Morgan fingerprint density at radius 3 is 2.89 bits per heavy atom. The van der Waals surface area contributed by atoms with Gasteiger partial charge in [0.1, 0.15) is 5.75 Å². The summed E-state index contributed by atoms with van der Waals surface area (Å²) in [7, 11) is 1.58. The molecule has 1 atom stereocenters. The zero-order chi connectivity index (χ0) is 13.0. The molecule has 0 aliphatic carbocycles. The number of rotatable bonds is 4. The monoisotopic (exact) mass is 255 g/mol. The molecule has 0 spiro atoms. The van der Waals surface area contributed by atoms with E-state index in [0.29, 0.717) is 11.7 Å². The lowest BCUT2D eigenvalue weighted by Crippen LogP contribution is -2.30. The minimum Gasteiger partial charge on any atom is -0.496 e. The Kier molecular flexibility index (Phi) is 4.53. The highest BCUT2D eigenvalue weighted by molar-refractivity contribution is 5.38. The number of nitrogens with one attached hydrogen (secondary N) is 1. The smallest absolute Gasteiger partial charge is 0.263 e. The van der Waals surface area contributed by atoms with Gasteiger partial charge in [-0.3, -0.25) is 0 Å². The third kappa shape index (κ3) is 3.19. The van der Waals surface area contributed by atoms with E-state index in [0.717, 1.165) is 37.9 Å². The molecule has 0 aromatic heterocycles. The van der Waals surface area contributed by atoms with E-state index in [2.05, 4.69) is 5.32 Å². The summed E-state index contributed by atoms with van der Waals surface area (Å²) in [5.74, 6) is 1.23. The third-order valence-corrected chi connectivity index (χ3v) is 3.46. The van der Waals surface area contributed by atoms with Gasteiger partial charge in [-0.05, 0) is 62.0 Å². The van der Waals surface area contributed by atoms with Crippen molar-refractivity contribution in [2.24, 2.45) is 5.92 Å². The fourth-order valence-electron chi connectivity index (χ4n) is 2.50. The van der Waals surface area contributed by atoms with Crippen molar-refractivity contribution in [3.8, 4) is 5.75 Å². The molecule has 1 aliphatic rings. The highest BCUT2D eigenvalue weighted by atomic mass is 19.3. The van der Waals surface area contributed by atoms with E-state index in [-0.39, 0.29) is 5.56 Å². The largest absolute Gasteiger partial charge is 0.496 e. The van der Waals surface area contributed by atoms with Gasteiger partial charge in [0.25, 0.3) is 6.43 Å². The first kappa shape index (κ1) is 13.3. The second-order valence-corrected chi connectivity index (χ2v) is 4.79. The average molecular weight is 255 g/mol. The van der Waals surface area contributed by atoms with Crippen LogP contribution in [0.3, 0.4) is 0 Å². The summed E-state index contributed by atoms with van der Waals surface area (Å²) >= 11 is 0. The van der Waals surface area contributed by atoms with Crippen molar-refractivity contribution in [1.29, 1.82) is 0 Å². The van der Waals surface area contributed by atoms with Crippen molar-refractivity contribution in [2.75, 3.05) is 20.2 Å². The molecule has 1 saturated heterocycles. The van der Waals surface area contributed by atoms with Gasteiger partial charge in [0, 0.05) is 5.56 Å². The van der Waals surface area contributed by atoms with Crippen molar-refractivity contribution >= 4 is 0 Å². The van der Waals surface area contributed by atoms with Gasteiger partial charge < -0.3 is 10.1 Å². The van der Waals surface area contributed by atoms with Crippen LogP contribution in [0.2, 0.25) is 0 Å². The summed E-state index contributed by atoms with van der Waals surface area (Å²) < 4.78 is 30.7. The molecule has 2 rings (SSSR count). The Morgan fingerprint density at radius 2 is 2.28 bits per heavy atom. The Hall–Kier alpha value is -1.16. The van der Waals surface area contributed by atoms with E-state index >= 15 is 0 Å². The molecule has 1 unspecified atom stereocenters. The van der Waals surface area contributed by atoms with Crippen molar-refractivity contribution in [1.82, 2.24) is 5.32 Å². The molecule has 2 nitrogen and oxygen atoms in total. The van der Waals surface area contributed by atoms with Crippen LogP contribution in [-0.4, -0.2) is 20.2 Å². The first-order valence-corrected chi connectivity index (χ1v) is 6.36. The molecule has 0 radical (unpaired) electrons. The Bertz CT molecular complexity index is 389. The minimum atomic E-state index is -2.42. The topological polar surface area (TPSA) is 21.3 Å². The van der Waals surface area contributed by atoms with Gasteiger partial charge in [-0.25, -0.2) is 8.78 Å². The van der Waals surface area contributed by atoms with Gasteiger partial charge in [-0.15, -0.1) is 0 Å². The molecule has 1 aromatic rings. The third-order valence-electron chi connectivity index (χ3n) is 3.46. The quantitative estimate of drug-likeness (QED) is 0.892. The average Bonchev–Trinajstić information content (AvgIpc) is 2.39. The number of ether oxygens (including phenoxy) is 1. The van der Waals surface area contributed by atoms with Crippen molar-refractivity contribution < 1.29 is 13.5 Å². The predicted molar refractivity (Wildman–Crippen MR) is 67.2 cm³/mol. The van der Waals surface area contributed by atoms with Gasteiger partial charge in [-0.1, -0.05) is 0 Å². The van der Waals surface area contributed by atoms with Crippen LogP contribution in [0.4, 0.5) is 8.78 Å². The molecule has 1 fully saturated rings. The Morgan fingerprint density at radius 1 is 1.44 bits per heavy atom. The minimum absolute atomic E-state index is 0.0783. The van der Waals surface area contributed by atoms with Crippen molar-refractivity contribution in [3.05, 3.63) is 29.3 Å². The normalized spacial score (nSPS) is 20.1. The standard InChI is InChI=1S/C14H19F2NO/c1-18-13-5-4-11(14(15)16)8-12(13)7-10-3-2-6-17-9-10/h4-5,8,10,14,17H,2-3,6-7,9H2,1H3. The van der Waals surface area contributed by atoms with E-state index < -0.39 is 6.43 Å². The molecule has 0 amide bonds. The number of methoxy groups -OCH3 is 1. The fourth-order valence-corrected chi connectivity index (χ4v) is 2.50.